The molecular weight excluding hydrogens is 326 g/mol. The first-order valence-corrected chi connectivity index (χ1v) is 8.45. The summed E-state index contributed by atoms with van der Waals surface area (Å²) in [6, 6.07) is 5.24. The molecule has 0 fully saturated rings. The number of hydrogen-bond acceptors (Lipinski definition) is 7. The summed E-state index contributed by atoms with van der Waals surface area (Å²) in [6.07, 6.45) is 0. The molecule has 1 aromatic rings. The molecule has 1 aliphatic rings. The predicted octanol–water partition coefficient (Wildman–Crippen LogP) is 1.68. The zero-order chi connectivity index (χ0) is 18.1. The van der Waals surface area contributed by atoms with Gasteiger partial charge in [-0.25, -0.2) is 0 Å². The molecule has 0 saturated carbocycles. The van der Waals surface area contributed by atoms with Crippen LogP contribution in [0.1, 0.15) is 24.2 Å². The van der Waals surface area contributed by atoms with Gasteiger partial charge in [0.05, 0.1) is 32.1 Å². The van der Waals surface area contributed by atoms with Crippen LogP contribution in [0.2, 0.25) is 0 Å². The van der Waals surface area contributed by atoms with E-state index in [4.69, 9.17) is 18.9 Å². The van der Waals surface area contributed by atoms with E-state index < -0.39 is 0 Å². The van der Waals surface area contributed by atoms with Crippen molar-refractivity contribution in [3.63, 3.8) is 0 Å². The minimum absolute atomic E-state index is 0.0277. The number of carbonyl (C=O) groups excluding carboxylic acids is 2. The Labute approximate surface area is 147 Å². The van der Waals surface area contributed by atoms with Crippen LogP contribution >= 0.6 is 0 Å². The van der Waals surface area contributed by atoms with E-state index in [2.05, 4.69) is 0 Å². The number of rotatable bonds is 10. The van der Waals surface area contributed by atoms with Crippen LogP contribution in [-0.4, -0.2) is 64.5 Å². The molecule has 2 rings (SSSR count). The summed E-state index contributed by atoms with van der Waals surface area (Å²) in [5.74, 6) is 0.304. The molecule has 0 N–H and O–H groups in total. The predicted molar refractivity (Wildman–Crippen MR) is 92.4 cm³/mol. The lowest BCUT2D eigenvalue weighted by Gasteiger charge is -2.30. The van der Waals surface area contributed by atoms with Gasteiger partial charge in [-0.05, 0) is 32.0 Å². The van der Waals surface area contributed by atoms with Crippen molar-refractivity contribution in [2.24, 2.45) is 0 Å². The third-order valence-electron chi connectivity index (χ3n) is 3.71. The van der Waals surface area contributed by atoms with Crippen molar-refractivity contribution in [1.82, 2.24) is 0 Å². The van der Waals surface area contributed by atoms with Crippen LogP contribution in [0.3, 0.4) is 0 Å². The molecule has 0 atom stereocenters. The molecule has 0 amide bonds. The molecule has 1 heterocycles. The molecule has 1 aromatic carbocycles. The maximum atomic E-state index is 12.0. The lowest BCUT2D eigenvalue weighted by molar-refractivity contribution is -0.143. The minimum Gasteiger partial charge on any atom is -0.490 e. The molecule has 1 aliphatic heterocycles. The van der Waals surface area contributed by atoms with Crippen LogP contribution in [0.4, 0.5) is 5.69 Å². The van der Waals surface area contributed by atoms with Crippen LogP contribution in [0.15, 0.2) is 18.2 Å². The molecule has 7 nitrogen and oxygen atoms in total. The van der Waals surface area contributed by atoms with Crippen LogP contribution in [-0.2, 0) is 19.0 Å². The molecule has 25 heavy (non-hydrogen) atoms. The van der Waals surface area contributed by atoms with Gasteiger partial charge in [-0.1, -0.05) is 0 Å². The average molecular weight is 351 g/mol. The van der Waals surface area contributed by atoms with E-state index in [9.17, 15) is 9.59 Å². The quantitative estimate of drug-likeness (QED) is 0.361. The number of nitrogens with zero attached hydrogens (tertiary/aromatic N) is 1. The zero-order valence-electron chi connectivity index (χ0n) is 14.8. The smallest absolute Gasteiger partial charge is 0.325 e. The summed E-state index contributed by atoms with van der Waals surface area (Å²) in [4.78, 5) is 25.4. The molecular formula is C18H25NO6. The lowest BCUT2D eigenvalue weighted by atomic mass is 10.1. The van der Waals surface area contributed by atoms with Crippen molar-refractivity contribution in [2.75, 3.05) is 57.6 Å². The Morgan fingerprint density at radius 1 is 1.16 bits per heavy atom. The summed E-state index contributed by atoms with van der Waals surface area (Å²) in [6.45, 7) is 6.81. The summed E-state index contributed by atoms with van der Waals surface area (Å²) >= 11 is 0. The summed E-state index contributed by atoms with van der Waals surface area (Å²) in [7, 11) is 0. The topological polar surface area (TPSA) is 74.3 Å². The van der Waals surface area contributed by atoms with Crippen molar-refractivity contribution < 1.29 is 28.5 Å². The first-order chi connectivity index (χ1) is 12.1. The second-order valence-electron chi connectivity index (χ2n) is 5.54. The number of anilines is 1. The van der Waals surface area contributed by atoms with Crippen molar-refractivity contribution in [3.8, 4) is 5.75 Å². The second-order valence-corrected chi connectivity index (χ2v) is 5.54. The van der Waals surface area contributed by atoms with Gasteiger partial charge < -0.3 is 23.8 Å². The van der Waals surface area contributed by atoms with Gasteiger partial charge in [0.1, 0.15) is 25.5 Å². The van der Waals surface area contributed by atoms with Crippen molar-refractivity contribution in [2.45, 2.75) is 13.8 Å². The van der Waals surface area contributed by atoms with Gasteiger partial charge >= 0.3 is 5.97 Å². The fraction of sp³-hybridized carbons (Fsp3) is 0.556. The SMILES string of the molecule is CCOCCOCCOC(=O)CN1CCOc2ccc(C(C)=O)cc21. The summed E-state index contributed by atoms with van der Waals surface area (Å²) in [5, 5.41) is 0. The van der Waals surface area contributed by atoms with Crippen molar-refractivity contribution in [1.29, 1.82) is 0 Å². The number of benzene rings is 1. The van der Waals surface area contributed by atoms with Gasteiger partial charge in [-0.2, -0.15) is 0 Å². The largest absolute Gasteiger partial charge is 0.490 e. The standard InChI is InChI=1S/C18H25NO6/c1-3-22-8-9-23-10-11-25-18(21)13-19-6-7-24-17-5-4-15(14(2)20)12-16(17)19/h4-5,12H,3,6-11,13H2,1-2H3. The van der Waals surface area contributed by atoms with Crippen molar-refractivity contribution >= 4 is 17.4 Å². The Bertz CT molecular complexity index is 589. The fourth-order valence-corrected chi connectivity index (χ4v) is 2.44. The number of fused-ring (bicyclic) bond motifs is 1. The number of ketones is 1. The summed E-state index contributed by atoms with van der Waals surface area (Å²) in [5.41, 5.74) is 1.33. The third kappa shape index (κ3) is 6.03. The molecule has 138 valence electrons. The Kier molecular flexibility index (Phi) is 7.69. The second kappa shape index (κ2) is 10.0. The van der Waals surface area contributed by atoms with Crippen LogP contribution in [0, 0.1) is 0 Å². The van der Waals surface area contributed by atoms with Gasteiger partial charge in [0, 0.05) is 12.2 Å². The monoisotopic (exact) mass is 351 g/mol. The number of ether oxygens (including phenoxy) is 4. The highest BCUT2D eigenvalue weighted by Crippen LogP contribution is 2.32. The van der Waals surface area contributed by atoms with E-state index in [1.807, 2.05) is 11.8 Å². The van der Waals surface area contributed by atoms with Gasteiger partial charge in [0.2, 0.25) is 0 Å². The third-order valence-corrected chi connectivity index (χ3v) is 3.71. The fourth-order valence-electron chi connectivity index (χ4n) is 2.44. The van der Waals surface area contributed by atoms with Crippen molar-refractivity contribution in [3.05, 3.63) is 23.8 Å². The van der Waals surface area contributed by atoms with Gasteiger partial charge in [0.25, 0.3) is 0 Å². The number of Topliss-reactive ketones (excluding diaryl/α,β-unsaturated/α-hetero) is 1. The zero-order valence-corrected chi connectivity index (χ0v) is 14.8. The van der Waals surface area contributed by atoms with E-state index in [-0.39, 0.29) is 24.9 Å². The lowest BCUT2D eigenvalue weighted by Crippen LogP contribution is -2.37. The molecule has 0 bridgehead atoms. The maximum absolute atomic E-state index is 12.0. The normalized spacial score (nSPS) is 13.1. The molecule has 0 saturated heterocycles. The first kappa shape index (κ1) is 19.2. The van der Waals surface area contributed by atoms with Crippen LogP contribution in [0.5, 0.6) is 5.75 Å². The van der Waals surface area contributed by atoms with Crippen LogP contribution in [0.25, 0.3) is 0 Å². The average Bonchev–Trinajstić information content (AvgIpc) is 2.61. The Morgan fingerprint density at radius 2 is 1.92 bits per heavy atom. The Hall–Kier alpha value is -2.12. The van der Waals surface area contributed by atoms with Crippen LogP contribution < -0.4 is 9.64 Å². The van der Waals surface area contributed by atoms with E-state index >= 15 is 0 Å². The highest BCUT2D eigenvalue weighted by atomic mass is 16.6. The number of esters is 1. The van der Waals surface area contributed by atoms with Gasteiger partial charge in [-0.15, -0.1) is 0 Å². The molecule has 0 radical (unpaired) electrons. The molecule has 7 heteroatoms. The van der Waals surface area contributed by atoms with E-state index in [0.29, 0.717) is 50.9 Å². The van der Waals surface area contributed by atoms with Gasteiger partial charge in [0.15, 0.2) is 5.78 Å². The summed E-state index contributed by atoms with van der Waals surface area (Å²) < 4.78 is 21.2. The maximum Gasteiger partial charge on any atom is 0.325 e. The van der Waals surface area contributed by atoms with Gasteiger partial charge in [-0.3, -0.25) is 9.59 Å². The highest BCUT2D eigenvalue weighted by Gasteiger charge is 2.22. The minimum atomic E-state index is -0.338. The number of hydrogen-bond donors (Lipinski definition) is 0. The molecule has 0 spiro atoms. The Balaban J connectivity index is 1.80. The Morgan fingerprint density at radius 3 is 2.68 bits per heavy atom. The molecule has 0 aromatic heterocycles. The molecule has 0 unspecified atom stereocenters. The van der Waals surface area contributed by atoms with E-state index in [0.717, 1.165) is 5.69 Å². The molecule has 0 aliphatic carbocycles. The van der Waals surface area contributed by atoms with E-state index in [1.165, 1.54) is 6.92 Å². The number of carbonyl (C=O) groups is 2. The van der Waals surface area contributed by atoms with E-state index in [1.54, 1.807) is 18.2 Å². The highest BCUT2D eigenvalue weighted by molar-refractivity contribution is 5.95. The first-order valence-electron chi connectivity index (χ1n) is 8.45.